The number of nitrogens with one attached hydrogen (secondary N) is 1. The zero-order valence-electron chi connectivity index (χ0n) is 22.2. The lowest BCUT2D eigenvalue weighted by molar-refractivity contribution is -0.143. The van der Waals surface area contributed by atoms with Gasteiger partial charge in [-0.05, 0) is 94.2 Å². The van der Waals surface area contributed by atoms with Gasteiger partial charge in [0.1, 0.15) is 17.7 Å². The monoisotopic (exact) mass is 513 g/mol. The molecule has 1 saturated heterocycles. The third-order valence-electron chi connectivity index (χ3n) is 7.20. The highest BCUT2D eigenvalue weighted by Crippen LogP contribution is 2.30. The van der Waals surface area contributed by atoms with Gasteiger partial charge in [0, 0.05) is 31.4 Å². The van der Waals surface area contributed by atoms with Crippen LogP contribution in [0.4, 0.5) is 10.2 Å². The number of nitrogens with zero attached hydrogens (tertiary/aromatic N) is 2. The quantitative estimate of drug-likeness (QED) is 0.381. The lowest BCUT2D eigenvalue weighted by Crippen LogP contribution is -2.34. The number of fused-ring (bicyclic) bond motifs is 1. The summed E-state index contributed by atoms with van der Waals surface area (Å²) in [6.45, 7) is 8.00. The molecule has 3 atom stereocenters. The van der Waals surface area contributed by atoms with Crippen LogP contribution in [0, 0.1) is 5.82 Å². The minimum atomic E-state index is -0.988. The first-order valence-electron chi connectivity index (χ1n) is 13.5. The topological polar surface area (TPSA) is 83.9 Å². The number of likely N-dealkylation sites (tertiary alicyclic amines) is 1. The molecule has 0 bridgehead atoms. The number of aryl methyl sites for hydroxylation is 2. The smallest absolute Gasteiger partial charge is 0.325 e. The molecule has 1 aromatic heterocycles. The number of rotatable bonds is 12. The Morgan fingerprint density at radius 3 is 2.86 bits per heavy atom. The van der Waals surface area contributed by atoms with E-state index in [4.69, 9.17) is 14.5 Å². The SMILES string of the molecule is CC1CCc2ccc(CCCCO[C@@H]3CCN(C(C(=O)O)c4cc(F)ccc4COC(C)C)C3)nc2N1. The molecule has 2 aromatic rings. The second kappa shape index (κ2) is 12.8. The highest BCUT2D eigenvalue weighted by Gasteiger charge is 2.35. The van der Waals surface area contributed by atoms with Crippen molar-refractivity contribution >= 4 is 11.8 Å². The molecule has 37 heavy (non-hydrogen) atoms. The number of hydrogen-bond donors (Lipinski definition) is 2. The van der Waals surface area contributed by atoms with Crippen LogP contribution < -0.4 is 5.32 Å². The molecule has 2 unspecified atom stereocenters. The summed E-state index contributed by atoms with van der Waals surface area (Å²) in [6.07, 6.45) is 5.76. The molecule has 0 aliphatic carbocycles. The maximum atomic E-state index is 14.1. The Hall–Kier alpha value is -2.55. The third-order valence-corrected chi connectivity index (χ3v) is 7.20. The molecule has 0 amide bonds. The Morgan fingerprint density at radius 2 is 2.08 bits per heavy atom. The number of carbonyl (C=O) groups is 1. The van der Waals surface area contributed by atoms with E-state index in [-0.39, 0.29) is 18.8 Å². The van der Waals surface area contributed by atoms with Gasteiger partial charge < -0.3 is 19.9 Å². The van der Waals surface area contributed by atoms with E-state index in [2.05, 4.69) is 24.4 Å². The average Bonchev–Trinajstić information content (AvgIpc) is 3.31. The van der Waals surface area contributed by atoms with E-state index in [1.807, 2.05) is 18.7 Å². The number of hydrogen-bond acceptors (Lipinski definition) is 6. The predicted octanol–water partition coefficient (Wildman–Crippen LogP) is 5.13. The summed E-state index contributed by atoms with van der Waals surface area (Å²) in [6, 6.07) is 8.17. The number of ether oxygens (including phenoxy) is 2. The van der Waals surface area contributed by atoms with Crippen molar-refractivity contribution in [1.82, 2.24) is 9.88 Å². The molecular weight excluding hydrogens is 473 g/mol. The molecule has 0 radical (unpaired) electrons. The van der Waals surface area contributed by atoms with Gasteiger partial charge in [-0.1, -0.05) is 12.1 Å². The number of unbranched alkanes of at least 4 members (excludes halogenated alkanes) is 1. The molecule has 2 N–H and O–H groups in total. The van der Waals surface area contributed by atoms with Crippen molar-refractivity contribution < 1.29 is 23.8 Å². The Kier molecular flexibility index (Phi) is 9.51. The van der Waals surface area contributed by atoms with Crippen LogP contribution in [-0.2, 0) is 33.7 Å². The fourth-order valence-electron chi connectivity index (χ4n) is 5.15. The molecule has 8 heteroatoms. The third kappa shape index (κ3) is 7.49. The lowest BCUT2D eigenvalue weighted by atomic mass is 9.99. The van der Waals surface area contributed by atoms with Gasteiger partial charge in [0.05, 0.1) is 18.8 Å². The highest BCUT2D eigenvalue weighted by molar-refractivity contribution is 5.76. The van der Waals surface area contributed by atoms with Crippen molar-refractivity contribution in [3.8, 4) is 0 Å². The van der Waals surface area contributed by atoms with Gasteiger partial charge in [0.2, 0.25) is 0 Å². The molecule has 7 nitrogen and oxygen atoms in total. The second-order valence-corrected chi connectivity index (χ2v) is 10.6. The maximum Gasteiger partial charge on any atom is 0.325 e. The first-order valence-corrected chi connectivity index (χ1v) is 13.5. The van der Waals surface area contributed by atoms with Crippen molar-refractivity contribution in [2.24, 2.45) is 0 Å². The summed E-state index contributed by atoms with van der Waals surface area (Å²) in [5, 5.41) is 13.5. The van der Waals surface area contributed by atoms with Crippen LogP contribution in [0.1, 0.15) is 74.9 Å². The van der Waals surface area contributed by atoms with Crippen LogP contribution in [0.25, 0.3) is 0 Å². The van der Waals surface area contributed by atoms with Crippen LogP contribution in [0.2, 0.25) is 0 Å². The molecule has 1 aromatic carbocycles. The number of halogens is 1. The number of carboxylic acids is 1. The van der Waals surface area contributed by atoms with Gasteiger partial charge in [-0.25, -0.2) is 9.37 Å². The van der Waals surface area contributed by atoms with Gasteiger partial charge in [-0.2, -0.15) is 0 Å². The van der Waals surface area contributed by atoms with Crippen molar-refractivity contribution in [2.45, 2.75) is 90.2 Å². The van der Waals surface area contributed by atoms with Crippen LogP contribution in [-0.4, -0.2) is 58.9 Å². The van der Waals surface area contributed by atoms with Gasteiger partial charge in [-0.3, -0.25) is 9.69 Å². The molecule has 0 spiro atoms. The minimum absolute atomic E-state index is 0.00543. The van der Waals surface area contributed by atoms with Crippen molar-refractivity contribution in [3.05, 3.63) is 58.5 Å². The van der Waals surface area contributed by atoms with Crippen molar-refractivity contribution in [2.75, 3.05) is 25.0 Å². The number of aromatic nitrogens is 1. The number of carboxylic acid groups (broad SMARTS) is 1. The summed E-state index contributed by atoms with van der Waals surface area (Å²) in [4.78, 5) is 19.0. The van der Waals surface area contributed by atoms with Crippen molar-refractivity contribution in [1.29, 1.82) is 0 Å². The Bertz CT molecular complexity index is 1060. The Balaban J connectivity index is 1.26. The zero-order chi connectivity index (χ0) is 26.4. The van der Waals surface area contributed by atoms with Gasteiger partial charge in [-0.15, -0.1) is 0 Å². The van der Waals surface area contributed by atoms with Crippen LogP contribution in [0.3, 0.4) is 0 Å². The van der Waals surface area contributed by atoms with Gasteiger partial charge in [0.15, 0.2) is 0 Å². The minimum Gasteiger partial charge on any atom is -0.480 e. The lowest BCUT2D eigenvalue weighted by Gasteiger charge is -2.26. The van der Waals surface area contributed by atoms with Crippen LogP contribution >= 0.6 is 0 Å². The second-order valence-electron chi connectivity index (χ2n) is 10.6. The summed E-state index contributed by atoms with van der Waals surface area (Å²) in [5.74, 6) is -0.400. The number of pyridine rings is 1. The first-order chi connectivity index (χ1) is 17.8. The van der Waals surface area contributed by atoms with E-state index in [0.29, 0.717) is 36.9 Å². The predicted molar refractivity (Wildman–Crippen MR) is 141 cm³/mol. The zero-order valence-corrected chi connectivity index (χ0v) is 22.2. The Morgan fingerprint density at radius 1 is 1.24 bits per heavy atom. The summed E-state index contributed by atoms with van der Waals surface area (Å²) in [7, 11) is 0. The van der Waals surface area contributed by atoms with E-state index < -0.39 is 17.8 Å². The van der Waals surface area contributed by atoms with E-state index in [1.54, 1.807) is 6.07 Å². The first kappa shape index (κ1) is 27.5. The number of anilines is 1. The normalized spacial score (nSPS) is 20.6. The van der Waals surface area contributed by atoms with E-state index >= 15 is 0 Å². The standard InChI is InChI=1S/C29H40FN3O4/c1-19(2)37-18-22-9-11-23(30)16-26(22)27(29(34)35)33-14-13-25(17-33)36-15-5-4-6-24-12-10-21-8-7-20(3)31-28(21)32-24/h9-12,16,19-20,25,27H,4-8,13-15,17-18H2,1-3H3,(H,31,32)(H,34,35)/t20?,25-,27?/m1/s1. The molecule has 0 saturated carbocycles. The summed E-state index contributed by atoms with van der Waals surface area (Å²) in [5.41, 5.74) is 3.56. The van der Waals surface area contributed by atoms with Gasteiger partial charge >= 0.3 is 5.97 Å². The molecule has 202 valence electrons. The Labute approximate surface area is 219 Å². The maximum absolute atomic E-state index is 14.1. The molecule has 4 rings (SSSR count). The molecule has 1 fully saturated rings. The molecule has 2 aliphatic rings. The van der Waals surface area contributed by atoms with E-state index in [0.717, 1.165) is 50.0 Å². The average molecular weight is 514 g/mol. The largest absolute Gasteiger partial charge is 0.480 e. The number of benzene rings is 1. The van der Waals surface area contributed by atoms with Gasteiger partial charge in [0.25, 0.3) is 0 Å². The van der Waals surface area contributed by atoms with Crippen LogP contribution in [0.15, 0.2) is 30.3 Å². The summed E-state index contributed by atoms with van der Waals surface area (Å²) >= 11 is 0. The fraction of sp³-hybridized carbons (Fsp3) is 0.586. The number of aliphatic carboxylic acids is 1. The highest BCUT2D eigenvalue weighted by atomic mass is 19.1. The van der Waals surface area contributed by atoms with E-state index in [9.17, 15) is 14.3 Å². The molecule has 3 heterocycles. The fourth-order valence-corrected chi connectivity index (χ4v) is 5.15. The summed E-state index contributed by atoms with van der Waals surface area (Å²) < 4.78 is 25.9. The van der Waals surface area contributed by atoms with Crippen LogP contribution in [0.5, 0.6) is 0 Å². The van der Waals surface area contributed by atoms with Crippen molar-refractivity contribution in [3.63, 3.8) is 0 Å². The van der Waals surface area contributed by atoms with E-state index in [1.165, 1.54) is 17.7 Å². The molecule has 2 aliphatic heterocycles. The molecular formula is C29H40FN3O4.